The number of carbonyl (C=O) groups excluding carboxylic acids is 1. The predicted molar refractivity (Wildman–Crippen MR) is 86.1 cm³/mol. The highest BCUT2D eigenvalue weighted by Crippen LogP contribution is 2.45. The van der Waals surface area contributed by atoms with E-state index < -0.39 is 30.3 Å². The molecule has 0 spiro atoms. The molecule has 1 amide bonds. The van der Waals surface area contributed by atoms with Crippen molar-refractivity contribution in [2.24, 2.45) is 0 Å². The van der Waals surface area contributed by atoms with Crippen molar-refractivity contribution in [2.45, 2.75) is 31.3 Å². The molecule has 0 fully saturated rings. The summed E-state index contributed by atoms with van der Waals surface area (Å²) in [5, 5.41) is 12.8. The van der Waals surface area contributed by atoms with E-state index in [1.807, 2.05) is 0 Å². The third kappa shape index (κ3) is 4.07. The highest BCUT2D eigenvalue weighted by atomic mass is 35.5. The molecule has 0 aliphatic heterocycles. The SMILES string of the molecule is CCN(C(=O)CC(O)(C(F)(F)F)C(F)(F)F)c1cn(-c2cccnc2)nc1Cl. The lowest BCUT2D eigenvalue weighted by Crippen LogP contribution is -2.59. The predicted octanol–water partition coefficient (Wildman–Crippen LogP) is 3.52. The van der Waals surface area contributed by atoms with Gasteiger partial charge in [0.2, 0.25) is 5.91 Å². The fourth-order valence-electron chi connectivity index (χ4n) is 2.30. The monoisotopic (exact) mass is 430 g/mol. The van der Waals surface area contributed by atoms with Crippen LogP contribution in [0.5, 0.6) is 0 Å². The molecule has 154 valence electrons. The van der Waals surface area contributed by atoms with Crippen molar-refractivity contribution >= 4 is 23.2 Å². The molecule has 0 aromatic carbocycles. The zero-order valence-electron chi connectivity index (χ0n) is 14.1. The first-order chi connectivity index (χ1) is 12.8. The molecule has 0 bridgehead atoms. The lowest BCUT2D eigenvalue weighted by molar-refractivity contribution is -0.366. The lowest BCUT2D eigenvalue weighted by Gasteiger charge is -2.33. The second-order valence-corrected chi connectivity index (χ2v) is 5.99. The lowest BCUT2D eigenvalue weighted by atomic mass is 9.97. The van der Waals surface area contributed by atoms with E-state index in [0.29, 0.717) is 10.6 Å². The Morgan fingerprint density at radius 1 is 1.25 bits per heavy atom. The van der Waals surface area contributed by atoms with Crippen molar-refractivity contribution in [3.63, 3.8) is 0 Å². The number of pyridine rings is 1. The Kier molecular flexibility index (Phi) is 5.95. The first-order valence-corrected chi connectivity index (χ1v) is 8.01. The van der Waals surface area contributed by atoms with Crippen molar-refractivity contribution in [1.82, 2.24) is 14.8 Å². The van der Waals surface area contributed by atoms with Gasteiger partial charge in [0.05, 0.1) is 24.5 Å². The third-order valence-electron chi connectivity index (χ3n) is 3.81. The first-order valence-electron chi connectivity index (χ1n) is 7.63. The quantitative estimate of drug-likeness (QED) is 0.737. The first kappa shape index (κ1) is 22.0. The van der Waals surface area contributed by atoms with Gasteiger partial charge in [-0.05, 0) is 19.1 Å². The average Bonchev–Trinajstić information content (AvgIpc) is 2.96. The van der Waals surface area contributed by atoms with E-state index >= 15 is 0 Å². The van der Waals surface area contributed by atoms with Gasteiger partial charge < -0.3 is 10.0 Å². The molecule has 0 saturated carbocycles. The normalized spacial score (nSPS) is 12.9. The van der Waals surface area contributed by atoms with E-state index in [0.717, 1.165) is 10.9 Å². The van der Waals surface area contributed by atoms with Gasteiger partial charge in [0.25, 0.3) is 5.60 Å². The number of halogens is 7. The Bertz CT molecular complexity index is 823. The molecule has 0 radical (unpaired) electrons. The number of hydrogen-bond donors (Lipinski definition) is 1. The summed E-state index contributed by atoms with van der Waals surface area (Å²) in [6.45, 7) is 0.999. The fraction of sp³-hybridized carbons (Fsp3) is 0.400. The summed E-state index contributed by atoms with van der Waals surface area (Å²) < 4.78 is 78.2. The fourth-order valence-corrected chi connectivity index (χ4v) is 2.54. The number of aliphatic hydroxyl groups is 1. The van der Waals surface area contributed by atoms with Gasteiger partial charge in [-0.1, -0.05) is 11.6 Å². The van der Waals surface area contributed by atoms with Gasteiger partial charge in [-0.3, -0.25) is 9.78 Å². The van der Waals surface area contributed by atoms with Gasteiger partial charge >= 0.3 is 12.4 Å². The van der Waals surface area contributed by atoms with Crippen LogP contribution in [0.1, 0.15) is 13.3 Å². The molecule has 28 heavy (non-hydrogen) atoms. The zero-order chi connectivity index (χ0) is 21.3. The number of alkyl halides is 6. The number of hydrogen-bond acceptors (Lipinski definition) is 4. The molecule has 2 heterocycles. The van der Waals surface area contributed by atoms with Crippen LogP contribution in [-0.2, 0) is 4.79 Å². The highest BCUT2D eigenvalue weighted by molar-refractivity contribution is 6.32. The van der Waals surface area contributed by atoms with Crippen LogP contribution in [0.25, 0.3) is 5.69 Å². The molecule has 0 atom stereocenters. The standard InChI is InChI=1S/C15H13ClF6N4O2/c1-2-25(11(27)6-13(28,14(17,18)19)15(20,21)22)10-8-26(24-12(10)16)9-4-3-5-23-7-9/h3-5,7-8,28H,2,6H2,1H3. The van der Waals surface area contributed by atoms with Crippen LogP contribution >= 0.6 is 11.6 Å². The van der Waals surface area contributed by atoms with Crippen molar-refractivity contribution in [1.29, 1.82) is 0 Å². The summed E-state index contributed by atoms with van der Waals surface area (Å²) in [4.78, 5) is 16.6. The van der Waals surface area contributed by atoms with Crippen molar-refractivity contribution in [2.75, 3.05) is 11.4 Å². The minimum atomic E-state index is -6.11. The number of aromatic nitrogens is 3. The van der Waals surface area contributed by atoms with Crippen LogP contribution in [0.15, 0.2) is 30.7 Å². The van der Waals surface area contributed by atoms with Crippen LogP contribution in [0, 0.1) is 0 Å². The van der Waals surface area contributed by atoms with Crippen LogP contribution in [0.2, 0.25) is 5.15 Å². The molecule has 0 unspecified atom stereocenters. The molecular formula is C15H13ClF6N4O2. The Hall–Kier alpha value is -2.34. The number of nitrogens with zero attached hydrogens (tertiary/aromatic N) is 4. The summed E-state index contributed by atoms with van der Waals surface area (Å²) in [5.74, 6) is -1.63. The maximum absolute atomic E-state index is 12.8. The maximum Gasteiger partial charge on any atom is 0.426 e. The van der Waals surface area contributed by atoms with Crippen molar-refractivity contribution in [3.05, 3.63) is 35.9 Å². The Labute approximate surface area is 159 Å². The van der Waals surface area contributed by atoms with E-state index in [1.165, 1.54) is 19.3 Å². The van der Waals surface area contributed by atoms with Gasteiger partial charge in [-0.15, -0.1) is 0 Å². The molecule has 2 rings (SSSR count). The van der Waals surface area contributed by atoms with Gasteiger partial charge in [-0.2, -0.15) is 31.4 Å². The smallest absolute Gasteiger partial charge is 0.373 e. The van der Waals surface area contributed by atoms with E-state index in [4.69, 9.17) is 11.6 Å². The van der Waals surface area contributed by atoms with Crippen LogP contribution in [-0.4, -0.2) is 50.3 Å². The second kappa shape index (κ2) is 7.59. The zero-order valence-corrected chi connectivity index (χ0v) is 14.8. The van der Waals surface area contributed by atoms with Crippen LogP contribution < -0.4 is 4.90 Å². The summed E-state index contributed by atoms with van der Waals surface area (Å²) in [5.41, 5.74) is -5.03. The summed E-state index contributed by atoms with van der Waals surface area (Å²) >= 11 is 5.91. The largest absolute Gasteiger partial charge is 0.426 e. The van der Waals surface area contributed by atoms with Crippen LogP contribution in [0.3, 0.4) is 0 Å². The average molecular weight is 431 g/mol. The minimum Gasteiger partial charge on any atom is -0.373 e. The molecule has 6 nitrogen and oxygen atoms in total. The van der Waals surface area contributed by atoms with Gasteiger partial charge in [0, 0.05) is 12.7 Å². The third-order valence-corrected chi connectivity index (χ3v) is 4.08. The molecular weight excluding hydrogens is 418 g/mol. The topological polar surface area (TPSA) is 71.2 Å². The molecule has 0 aliphatic carbocycles. The van der Waals surface area contributed by atoms with E-state index in [2.05, 4.69) is 10.1 Å². The number of carbonyl (C=O) groups is 1. The number of rotatable bonds is 5. The molecule has 2 aromatic heterocycles. The summed E-state index contributed by atoms with van der Waals surface area (Å²) in [6.07, 6.45) is -10.5. The summed E-state index contributed by atoms with van der Waals surface area (Å²) in [6, 6.07) is 3.12. The van der Waals surface area contributed by atoms with Gasteiger partial charge in [0.15, 0.2) is 5.15 Å². The minimum absolute atomic E-state index is 0.218. The van der Waals surface area contributed by atoms with Crippen molar-refractivity contribution in [3.8, 4) is 5.69 Å². The van der Waals surface area contributed by atoms with E-state index in [1.54, 1.807) is 12.1 Å². The molecule has 1 N–H and O–H groups in total. The molecule has 0 saturated heterocycles. The molecule has 2 aromatic rings. The maximum atomic E-state index is 12.8. The van der Waals surface area contributed by atoms with Crippen LogP contribution in [0.4, 0.5) is 32.0 Å². The van der Waals surface area contributed by atoms with Crippen molar-refractivity contribution < 1.29 is 36.2 Å². The summed E-state index contributed by atoms with van der Waals surface area (Å²) in [7, 11) is 0. The Morgan fingerprint density at radius 2 is 1.86 bits per heavy atom. The molecule has 13 heteroatoms. The van der Waals surface area contributed by atoms with E-state index in [-0.39, 0.29) is 17.4 Å². The number of amides is 1. The van der Waals surface area contributed by atoms with Gasteiger partial charge in [0.1, 0.15) is 5.69 Å². The Morgan fingerprint density at radius 3 is 2.32 bits per heavy atom. The molecule has 0 aliphatic rings. The van der Waals surface area contributed by atoms with Gasteiger partial charge in [-0.25, -0.2) is 4.68 Å². The van der Waals surface area contributed by atoms with E-state index in [9.17, 15) is 36.2 Å². The number of anilines is 1. The highest BCUT2D eigenvalue weighted by Gasteiger charge is 2.71. The second-order valence-electron chi connectivity index (χ2n) is 5.63. The Balaban J connectivity index is 2.38.